The molecule has 5 heteroatoms. The van der Waals surface area contributed by atoms with E-state index in [1.54, 1.807) is 0 Å². The van der Waals surface area contributed by atoms with Crippen molar-refractivity contribution >= 4 is 5.69 Å². The monoisotopic (exact) mass is 416 g/mol. The molecule has 2 aliphatic rings. The second-order valence-electron chi connectivity index (χ2n) is 8.95. The number of hydrogen-bond acceptors (Lipinski definition) is 5. The summed E-state index contributed by atoms with van der Waals surface area (Å²) in [6, 6.07) is 17.5. The second kappa shape index (κ2) is 9.23. The number of benzene rings is 2. The minimum absolute atomic E-state index is 0.515. The van der Waals surface area contributed by atoms with Crippen molar-refractivity contribution in [1.82, 2.24) is 15.0 Å². The number of hydrogen-bond donors (Lipinski definition) is 0. The lowest BCUT2D eigenvalue weighted by molar-refractivity contribution is 0.339. The van der Waals surface area contributed by atoms with Crippen molar-refractivity contribution in [2.75, 3.05) is 37.6 Å². The van der Waals surface area contributed by atoms with E-state index in [4.69, 9.17) is 4.52 Å². The van der Waals surface area contributed by atoms with E-state index in [2.05, 4.69) is 68.5 Å². The highest BCUT2D eigenvalue weighted by molar-refractivity contribution is 5.60. The Labute approximate surface area is 185 Å². The van der Waals surface area contributed by atoms with Crippen LogP contribution in [0.2, 0.25) is 0 Å². The maximum atomic E-state index is 5.47. The molecule has 0 aliphatic carbocycles. The molecule has 1 aromatic heterocycles. The Balaban J connectivity index is 1.25. The van der Waals surface area contributed by atoms with Gasteiger partial charge in [-0.1, -0.05) is 41.6 Å². The van der Waals surface area contributed by atoms with Crippen LogP contribution in [0.1, 0.15) is 48.6 Å². The number of anilines is 1. The molecule has 2 fully saturated rings. The van der Waals surface area contributed by atoms with Gasteiger partial charge in [-0.25, -0.2) is 0 Å². The van der Waals surface area contributed by atoms with Gasteiger partial charge in [0.1, 0.15) is 0 Å². The number of aromatic nitrogens is 2. The molecule has 31 heavy (non-hydrogen) atoms. The van der Waals surface area contributed by atoms with Gasteiger partial charge >= 0.3 is 0 Å². The van der Waals surface area contributed by atoms with Crippen LogP contribution in [0.15, 0.2) is 53.1 Å². The lowest BCUT2D eigenvalue weighted by Gasteiger charge is -2.31. The molecule has 0 radical (unpaired) electrons. The Hall–Kier alpha value is -2.66. The van der Waals surface area contributed by atoms with Gasteiger partial charge in [0.05, 0.1) is 0 Å². The summed E-state index contributed by atoms with van der Waals surface area (Å²) in [5, 5.41) is 3.98. The lowest BCUT2D eigenvalue weighted by atomic mass is 9.93. The van der Waals surface area contributed by atoms with E-state index in [-0.39, 0.29) is 0 Å². The van der Waals surface area contributed by atoms with Crippen LogP contribution in [0.4, 0.5) is 5.69 Å². The van der Waals surface area contributed by atoms with Crippen LogP contribution in [0.5, 0.6) is 0 Å². The van der Waals surface area contributed by atoms with E-state index >= 15 is 0 Å². The average Bonchev–Trinajstić information content (AvgIpc) is 3.48. The van der Waals surface area contributed by atoms with E-state index in [9.17, 15) is 0 Å². The third-order valence-corrected chi connectivity index (χ3v) is 6.82. The molecular formula is C26H32N4O. The molecule has 2 saturated heterocycles. The summed E-state index contributed by atoms with van der Waals surface area (Å²) < 4.78 is 5.47. The predicted octanol–water partition coefficient (Wildman–Crippen LogP) is 5.07. The van der Waals surface area contributed by atoms with Gasteiger partial charge in [-0.15, -0.1) is 0 Å². The molecule has 2 aromatic carbocycles. The average molecular weight is 417 g/mol. The minimum atomic E-state index is 0.515. The molecule has 0 bridgehead atoms. The zero-order chi connectivity index (χ0) is 21.0. The molecule has 3 heterocycles. The summed E-state index contributed by atoms with van der Waals surface area (Å²) in [4.78, 5) is 9.68. The molecule has 5 rings (SSSR count). The molecular weight excluding hydrogens is 384 g/mol. The standard InChI is InChI=1S/C26H32N4O/c1-20-27-26(31-28-20)24-11-5-4-10-23(24)22-14-18-29(19-22)17-13-21-9-3-6-12-25(21)30-15-7-2-8-16-30/h3-6,9-12,22H,2,7-8,13-19H2,1H3. The summed E-state index contributed by atoms with van der Waals surface area (Å²) >= 11 is 0. The van der Waals surface area contributed by atoms with Gasteiger partial charge in [0, 0.05) is 37.4 Å². The van der Waals surface area contributed by atoms with Crippen LogP contribution in [-0.4, -0.2) is 47.8 Å². The van der Waals surface area contributed by atoms with Crippen molar-refractivity contribution in [2.24, 2.45) is 0 Å². The van der Waals surface area contributed by atoms with Crippen LogP contribution < -0.4 is 4.90 Å². The molecule has 0 saturated carbocycles. The van der Waals surface area contributed by atoms with Crippen molar-refractivity contribution in [2.45, 2.75) is 44.9 Å². The van der Waals surface area contributed by atoms with Crippen molar-refractivity contribution in [1.29, 1.82) is 0 Å². The SMILES string of the molecule is Cc1noc(-c2ccccc2C2CCN(CCc3ccccc3N3CCCCC3)C2)n1. The highest BCUT2D eigenvalue weighted by Gasteiger charge is 2.27. The summed E-state index contributed by atoms with van der Waals surface area (Å²) in [5.74, 6) is 1.84. The lowest BCUT2D eigenvalue weighted by Crippen LogP contribution is -2.31. The zero-order valence-electron chi connectivity index (χ0n) is 18.5. The van der Waals surface area contributed by atoms with E-state index in [1.807, 2.05) is 6.92 Å². The van der Waals surface area contributed by atoms with Gasteiger partial charge < -0.3 is 14.3 Å². The fourth-order valence-electron chi connectivity index (χ4n) is 5.19. The van der Waals surface area contributed by atoms with Crippen LogP contribution in [0, 0.1) is 6.92 Å². The second-order valence-corrected chi connectivity index (χ2v) is 8.95. The van der Waals surface area contributed by atoms with E-state index in [0.717, 1.165) is 31.6 Å². The smallest absolute Gasteiger partial charge is 0.258 e. The number of nitrogens with zero attached hydrogens (tertiary/aromatic N) is 4. The quantitative estimate of drug-likeness (QED) is 0.562. The van der Waals surface area contributed by atoms with Crippen molar-refractivity contribution in [3.8, 4) is 11.5 Å². The first-order valence-corrected chi connectivity index (χ1v) is 11.7. The molecule has 3 aromatic rings. The Kier molecular flexibility index (Phi) is 6.03. The summed E-state index contributed by atoms with van der Waals surface area (Å²) in [5.41, 5.74) is 5.37. The number of para-hydroxylation sites is 1. The molecule has 0 N–H and O–H groups in total. The molecule has 1 unspecified atom stereocenters. The molecule has 5 nitrogen and oxygen atoms in total. The number of likely N-dealkylation sites (tertiary alicyclic amines) is 1. The van der Waals surface area contributed by atoms with Gasteiger partial charge in [-0.3, -0.25) is 0 Å². The van der Waals surface area contributed by atoms with Crippen molar-refractivity contribution in [3.05, 3.63) is 65.5 Å². The molecule has 1 atom stereocenters. The van der Waals surface area contributed by atoms with Gasteiger partial charge in [-0.2, -0.15) is 4.98 Å². The molecule has 2 aliphatic heterocycles. The maximum absolute atomic E-state index is 5.47. The van der Waals surface area contributed by atoms with E-state index in [0.29, 0.717) is 17.6 Å². The van der Waals surface area contributed by atoms with Crippen molar-refractivity contribution < 1.29 is 4.52 Å². The number of aryl methyl sites for hydroxylation is 1. The molecule has 0 amide bonds. The zero-order valence-corrected chi connectivity index (χ0v) is 18.5. The first-order valence-electron chi connectivity index (χ1n) is 11.7. The van der Waals surface area contributed by atoms with Crippen LogP contribution in [0.3, 0.4) is 0 Å². The van der Waals surface area contributed by atoms with E-state index < -0.39 is 0 Å². The van der Waals surface area contributed by atoms with Gasteiger partial charge in [0.15, 0.2) is 5.82 Å². The Bertz CT molecular complexity index is 1010. The molecule has 162 valence electrons. The predicted molar refractivity (Wildman–Crippen MR) is 124 cm³/mol. The third-order valence-electron chi connectivity index (χ3n) is 6.82. The number of rotatable bonds is 6. The maximum Gasteiger partial charge on any atom is 0.258 e. The first kappa shape index (κ1) is 20.3. The first-order chi connectivity index (χ1) is 15.3. The summed E-state index contributed by atoms with van der Waals surface area (Å²) in [7, 11) is 0. The fraction of sp³-hybridized carbons (Fsp3) is 0.462. The number of piperidine rings is 1. The Morgan fingerprint density at radius 2 is 1.77 bits per heavy atom. The summed E-state index contributed by atoms with van der Waals surface area (Å²) in [6.07, 6.45) is 6.31. The van der Waals surface area contributed by atoms with Gasteiger partial charge in [0.2, 0.25) is 0 Å². The summed E-state index contributed by atoms with van der Waals surface area (Å²) in [6.45, 7) is 7.63. The Morgan fingerprint density at radius 3 is 2.61 bits per heavy atom. The highest BCUT2D eigenvalue weighted by atomic mass is 16.5. The van der Waals surface area contributed by atoms with E-state index in [1.165, 1.54) is 55.6 Å². The largest absolute Gasteiger partial charge is 0.371 e. The minimum Gasteiger partial charge on any atom is -0.371 e. The fourth-order valence-corrected chi connectivity index (χ4v) is 5.19. The van der Waals surface area contributed by atoms with Gasteiger partial charge in [0.25, 0.3) is 5.89 Å². The van der Waals surface area contributed by atoms with Crippen molar-refractivity contribution in [3.63, 3.8) is 0 Å². The van der Waals surface area contributed by atoms with Crippen LogP contribution >= 0.6 is 0 Å². The van der Waals surface area contributed by atoms with Gasteiger partial charge in [-0.05, 0) is 74.8 Å². The normalized spacial score (nSPS) is 19.8. The highest BCUT2D eigenvalue weighted by Crippen LogP contribution is 2.34. The third kappa shape index (κ3) is 4.52. The topological polar surface area (TPSA) is 45.4 Å². The molecule has 0 spiro atoms. The van der Waals surface area contributed by atoms with Crippen LogP contribution in [-0.2, 0) is 6.42 Å². The van der Waals surface area contributed by atoms with Crippen LogP contribution in [0.25, 0.3) is 11.5 Å². The Morgan fingerprint density at radius 1 is 0.968 bits per heavy atom.